The van der Waals surface area contributed by atoms with Gasteiger partial charge in [0.05, 0.1) is 17.4 Å². The van der Waals surface area contributed by atoms with Gasteiger partial charge in [-0.15, -0.1) is 11.8 Å². The molecule has 4 rings (SSSR count). The smallest absolute Gasteiger partial charge is 0.138 e. The van der Waals surface area contributed by atoms with E-state index >= 15 is 0 Å². The Kier molecular flexibility index (Phi) is 5.42. The van der Waals surface area contributed by atoms with E-state index in [4.69, 9.17) is 10.5 Å². The van der Waals surface area contributed by atoms with Crippen LogP contribution in [0.1, 0.15) is 42.5 Å². The fraction of sp³-hybridized carbons (Fsp3) is 0.348. The number of aromatic nitrogens is 2. The van der Waals surface area contributed by atoms with Crippen molar-refractivity contribution in [1.29, 1.82) is 10.5 Å². The van der Waals surface area contributed by atoms with Gasteiger partial charge in [0.1, 0.15) is 41.4 Å². The molecule has 7 heteroatoms. The molecule has 0 aliphatic heterocycles. The Morgan fingerprint density at radius 3 is 2.63 bits per heavy atom. The van der Waals surface area contributed by atoms with E-state index in [1.54, 1.807) is 6.20 Å². The number of thioether (sulfide) groups is 1. The van der Waals surface area contributed by atoms with Crippen molar-refractivity contribution in [3.05, 3.63) is 47.3 Å². The molecule has 1 saturated carbocycles. The van der Waals surface area contributed by atoms with Crippen LogP contribution in [-0.2, 0) is 0 Å². The maximum atomic E-state index is 9.76. The highest BCUT2D eigenvalue weighted by Crippen LogP contribution is 2.36. The predicted octanol–water partition coefficient (Wildman–Crippen LogP) is 4.43. The Morgan fingerprint density at radius 2 is 1.97 bits per heavy atom. The minimum absolute atomic E-state index is 0.336. The van der Waals surface area contributed by atoms with Gasteiger partial charge < -0.3 is 10.5 Å². The number of imidazole rings is 1. The zero-order valence-corrected chi connectivity index (χ0v) is 17.9. The number of rotatable bonds is 5. The van der Waals surface area contributed by atoms with E-state index in [1.807, 2.05) is 41.8 Å². The first-order valence-corrected chi connectivity index (χ1v) is 11.1. The molecule has 1 aliphatic rings. The van der Waals surface area contributed by atoms with Gasteiger partial charge >= 0.3 is 0 Å². The summed E-state index contributed by atoms with van der Waals surface area (Å²) in [6, 6.07) is 12.1. The van der Waals surface area contributed by atoms with Gasteiger partial charge in [-0.2, -0.15) is 10.5 Å². The van der Waals surface area contributed by atoms with Gasteiger partial charge in [-0.3, -0.25) is 4.40 Å². The van der Waals surface area contributed by atoms with E-state index in [9.17, 15) is 10.5 Å². The van der Waals surface area contributed by atoms with Crippen LogP contribution in [-0.4, -0.2) is 27.8 Å². The van der Waals surface area contributed by atoms with Crippen molar-refractivity contribution in [3.63, 3.8) is 0 Å². The van der Waals surface area contributed by atoms with Crippen molar-refractivity contribution in [2.45, 2.75) is 43.0 Å². The second-order valence-electron chi connectivity index (χ2n) is 7.89. The predicted molar refractivity (Wildman–Crippen MR) is 117 cm³/mol. The van der Waals surface area contributed by atoms with Crippen molar-refractivity contribution in [2.24, 2.45) is 5.73 Å². The minimum Gasteiger partial charge on any atom is -0.490 e. The van der Waals surface area contributed by atoms with Crippen LogP contribution >= 0.6 is 11.8 Å². The standard InChI is InChI=1S/C23H23N5OS/c1-15-7-17(11-24)28-19(13-27-22(28)8-15)16-9-20(18(12-25)21(10-16)30-2)29-14-23(26)5-3-4-6-23/h7-10,13H,3-6,14,26H2,1-2H3. The van der Waals surface area contributed by atoms with Gasteiger partial charge in [0.25, 0.3) is 0 Å². The maximum absolute atomic E-state index is 9.76. The lowest BCUT2D eigenvalue weighted by atomic mass is 10.0. The molecule has 2 N–H and O–H groups in total. The Morgan fingerprint density at radius 1 is 1.20 bits per heavy atom. The molecule has 0 bridgehead atoms. The third-order valence-electron chi connectivity index (χ3n) is 5.67. The SMILES string of the molecule is CSc1cc(-c2cnc3cc(C)cc(C#N)n23)cc(OCC2(N)CCCC2)c1C#N. The van der Waals surface area contributed by atoms with Crippen LogP contribution < -0.4 is 10.5 Å². The molecule has 0 saturated heterocycles. The second kappa shape index (κ2) is 8.02. The lowest BCUT2D eigenvalue weighted by Gasteiger charge is -2.24. The number of nitrogens with zero attached hydrogens (tertiary/aromatic N) is 4. The Labute approximate surface area is 180 Å². The number of ether oxygens (including phenoxy) is 1. The molecule has 1 fully saturated rings. The van der Waals surface area contributed by atoms with E-state index in [2.05, 4.69) is 17.1 Å². The molecular formula is C23H23N5OS. The average Bonchev–Trinajstić information content (AvgIpc) is 3.37. The molecule has 6 nitrogen and oxygen atoms in total. The van der Waals surface area contributed by atoms with Gasteiger partial charge in [-0.1, -0.05) is 12.8 Å². The number of nitriles is 2. The Balaban J connectivity index is 1.82. The highest BCUT2D eigenvalue weighted by Gasteiger charge is 2.30. The molecule has 2 heterocycles. The monoisotopic (exact) mass is 417 g/mol. The van der Waals surface area contributed by atoms with Crippen LogP contribution in [0, 0.1) is 29.6 Å². The number of hydrogen-bond acceptors (Lipinski definition) is 6. The van der Waals surface area contributed by atoms with E-state index in [-0.39, 0.29) is 5.54 Å². The first-order chi connectivity index (χ1) is 14.5. The zero-order valence-electron chi connectivity index (χ0n) is 17.1. The molecule has 1 aliphatic carbocycles. The van der Waals surface area contributed by atoms with Crippen LogP contribution in [0.5, 0.6) is 5.75 Å². The third kappa shape index (κ3) is 3.63. The van der Waals surface area contributed by atoms with E-state index in [0.29, 0.717) is 29.3 Å². The summed E-state index contributed by atoms with van der Waals surface area (Å²) in [5.74, 6) is 0.525. The molecule has 0 spiro atoms. The fourth-order valence-corrected chi connectivity index (χ4v) is 4.70. The highest BCUT2D eigenvalue weighted by molar-refractivity contribution is 7.98. The van der Waals surface area contributed by atoms with Crippen LogP contribution in [0.3, 0.4) is 0 Å². The summed E-state index contributed by atoms with van der Waals surface area (Å²) in [6.45, 7) is 2.33. The van der Waals surface area contributed by atoms with Crippen LogP contribution in [0.25, 0.3) is 16.9 Å². The summed E-state index contributed by atoms with van der Waals surface area (Å²) in [4.78, 5) is 5.31. The van der Waals surface area contributed by atoms with Crippen molar-refractivity contribution in [3.8, 4) is 29.1 Å². The average molecular weight is 418 g/mol. The molecule has 0 atom stereocenters. The normalized spacial score (nSPS) is 15.1. The third-order valence-corrected chi connectivity index (χ3v) is 6.44. The Hall–Kier alpha value is -3.00. The molecule has 30 heavy (non-hydrogen) atoms. The van der Waals surface area contributed by atoms with Gasteiger partial charge in [0.2, 0.25) is 0 Å². The van der Waals surface area contributed by atoms with Gasteiger partial charge in [0, 0.05) is 10.5 Å². The van der Waals surface area contributed by atoms with Crippen molar-refractivity contribution in [2.75, 3.05) is 12.9 Å². The van der Waals surface area contributed by atoms with E-state index < -0.39 is 0 Å². The second-order valence-corrected chi connectivity index (χ2v) is 8.74. The fourth-order valence-electron chi connectivity index (χ4n) is 4.10. The highest BCUT2D eigenvalue weighted by atomic mass is 32.2. The minimum atomic E-state index is -0.336. The van der Waals surface area contributed by atoms with Gasteiger partial charge in [-0.25, -0.2) is 4.98 Å². The number of pyridine rings is 1. The summed E-state index contributed by atoms with van der Waals surface area (Å²) in [5.41, 5.74) is 10.5. The summed E-state index contributed by atoms with van der Waals surface area (Å²) in [6.07, 6.45) is 7.78. The summed E-state index contributed by atoms with van der Waals surface area (Å²) in [7, 11) is 0. The summed E-state index contributed by atoms with van der Waals surface area (Å²) in [5, 5.41) is 19.4. The molecule has 0 unspecified atom stereocenters. The molecule has 2 aromatic heterocycles. The van der Waals surface area contributed by atoms with Gasteiger partial charge in [0.15, 0.2) is 0 Å². The first-order valence-electron chi connectivity index (χ1n) is 9.90. The number of aryl methyl sites for hydroxylation is 1. The quantitative estimate of drug-likeness (QED) is 0.617. The van der Waals surface area contributed by atoms with Crippen molar-refractivity contribution in [1.82, 2.24) is 9.38 Å². The van der Waals surface area contributed by atoms with Crippen molar-refractivity contribution < 1.29 is 4.74 Å². The van der Waals surface area contributed by atoms with E-state index in [1.165, 1.54) is 11.8 Å². The maximum Gasteiger partial charge on any atom is 0.138 e. The molecular weight excluding hydrogens is 394 g/mol. The number of hydrogen-bond donors (Lipinski definition) is 1. The van der Waals surface area contributed by atoms with E-state index in [0.717, 1.165) is 47.4 Å². The van der Waals surface area contributed by atoms with Gasteiger partial charge in [-0.05, 0) is 55.9 Å². The van der Waals surface area contributed by atoms with Crippen molar-refractivity contribution >= 4 is 17.4 Å². The lowest BCUT2D eigenvalue weighted by Crippen LogP contribution is -2.42. The lowest BCUT2D eigenvalue weighted by molar-refractivity contribution is 0.219. The van der Waals surface area contributed by atoms with Crippen LogP contribution in [0.4, 0.5) is 0 Å². The summed E-state index contributed by atoms with van der Waals surface area (Å²) < 4.78 is 7.97. The molecule has 1 aromatic carbocycles. The zero-order chi connectivity index (χ0) is 21.3. The summed E-state index contributed by atoms with van der Waals surface area (Å²) >= 11 is 1.49. The molecule has 3 aromatic rings. The largest absolute Gasteiger partial charge is 0.490 e. The number of nitrogens with two attached hydrogens (primary N) is 1. The number of benzene rings is 1. The Bertz CT molecular complexity index is 1190. The molecule has 0 radical (unpaired) electrons. The van der Waals surface area contributed by atoms with Crippen LogP contribution in [0.15, 0.2) is 35.4 Å². The molecule has 0 amide bonds. The van der Waals surface area contributed by atoms with Crippen LogP contribution in [0.2, 0.25) is 0 Å². The topological polar surface area (TPSA) is 100 Å². The first kappa shape index (κ1) is 20.3. The molecule has 152 valence electrons. The number of fused-ring (bicyclic) bond motifs is 1.